The van der Waals surface area contributed by atoms with Gasteiger partial charge in [-0.05, 0) is 18.2 Å². The lowest BCUT2D eigenvalue weighted by Gasteiger charge is -2.14. The van der Waals surface area contributed by atoms with Crippen LogP contribution in [0.15, 0.2) is 42.5 Å². The van der Waals surface area contributed by atoms with Gasteiger partial charge in [-0.3, -0.25) is 10.1 Å². The average Bonchev–Trinajstić information content (AvgIpc) is 2.45. The Bertz CT molecular complexity index is 643. The van der Waals surface area contributed by atoms with Crippen molar-refractivity contribution in [2.75, 3.05) is 6.61 Å². The molecule has 7 heteroatoms. The summed E-state index contributed by atoms with van der Waals surface area (Å²) in [4.78, 5) is 10.1. The number of aliphatic hydroxyl groups excluding tert-OH is 1. The highest BCUT2D eigenvalue weighted by Crippen LogP contribution is 2.28. The number of nitro groups is 1. The molecule has 0 saturated heterocycles. The van der Waals surface area contributed by atoms with Gasteiger partial charge >= 0.3 is 5.69 Å². The van der Waals surface area contributed by atoms with Crippen LogP contribution in [0.3, 0.4) is 0 Å². The van der Waals surface area contributed by atoms with Crippen molar-refractivity contribution < 1.29 is 23.5 Å². The van der Waals surface area contributed by atoms with Crippen LogP contribution >= 0.6 is 0 Å². The van der Waals surface area contributed by atoms with Crippen LogP contribution in [0.25, 0.3) is 0 Å². The maximum absolute atomic E-state index is 13.5. The van der Waals surface area contributed by atoms with Crippen molar-refractivity contribution in [1.29, 1.82) is 0 Å². The molecule has 1 atom stereocenters. The first-order valence-corrected chi connectivity index (χ1v) is 5.99. The molecule has 0 bridgehead atoms. The van der Waals surface area contributed by atoms with Crippen LogP contribution in [0.2, 0.25) is 0 Å². The molecule has 0 aliphatic heterocycles. The van der Waals surface area contributed by atoms with Gasteiger partial charge in [-0.25, -0.2) is 8.78 Å². The number of halogens is 2. The zero-order valence-corrected chi connectivity index (χ0v) is 10.7. The number of para-hydroxylation sites is 2. The lowest BCUT2D eigenvalue weighted by atomic mass is 10.1. The van der Waals surface area contributed by atoms with Crippen molar-refractivity contribution >= 4 is 5.69 Å². The van der Waals surface area contributed by atoms with Gasteiger partial charge in [-0.1, -0.05) is 18.2 Å². The first-order chi connectivity index (χ1) is 10.0. The molecule has 5 nitrogen and oxygen atoms in total. The Labute approximate surface area is 118 Å². The quantitative estimate of drug-likeness (QED) is 0.680. The van der Waals surface area contributed by atoms with E-state index in [1.165, 1.54) is 30.3 Å². The number of hydrogen-bond acceptors (Lipinski definition) is 4. The number of benzene rings is 2. The predicted molar refractivity (Wildman–Crippen MR) is 69.9 cm³/mol. The molecule has 0 heterocycles. The van der Waals surface area contributed by atoms with E-state index in [1.807, 2.05) is 0 Å². The summed E-state index contributed by atoms with van der Waals surface area (Å²) < 4.78 is 32.0. The Morgan fingerprint density at radius 3 is 2.38 bits per heavy atom. The minimum absolute atomic E-state index is 0.0849. The molecule has 2 aromatic rings. The van der Waals surface area contributed by atoms with Gasteiger partial charge in [0.1, 0.15) is 24.3 Å². The molecule has 1 N–H and O–H groups in total. The molecule has 21 heavy (non-hydrogen) atoms. The smallest absolute Gasteiger partial charge is 0.310 e. The zero-order valence-electron chi connectivity index (χ0n) is 10.7. The van der Waals surface area contributed by atoms with E-state index in [2.05, 4.69) is 0 Å². The summed E-state index contributed by atoms with van der Waals surface area (Å²) in [5, 5.41) is 20.6. The van der Waals surface area contributed by atoms with Gasteiger partial charge in [0.2, 0.25) is 0 Å². The second kappa shape index (κ2) is 6.27. The number of nitrogens with zero attached hydrogens (tertiary/aromatic N) is 1. The minimum atomic E-state index is -1.58. The molecule has 1 unspecified atom stereocenters. The van der Waals surface area contributed by atoms with Crippen LogP contribution in [0.1, 0.15) is 11.7 Å². The molecule has 2 rings (SSSR count). The SMILES string of the molecule is O=[N+]([O-])c1ccccc1OCC(O)c1c(F)cccc1F. The molecular formula is C14H11F2NO4. The van der Waals surface area contributed by atoms with E-state index < -0.39 is 34.8 Å². The largest absolute Gasteiger partial charge is 0.484 e. The van der Waals surface area contributed by atoms with Crippen molar-refractivity contribution in [2.45, 2.75) is 6.10 Å². The average molecular weight is 295 g/mol. The topological polar surface area (TPSA) is 72.6 Å². The molecule has 0 radical (unpaired) electrons. The third-order valence-electron chi connectivity index (χ3n) is 2.79. The van der Waals surface area contributed by atoms with Crippen LogP contribution in [-0.4, -0.2) is 16.6 Å². The number of hydrogen-bond donors (Lipinski definition) is 1. The lowest BCUT2D eigenvalue weighted by molar-refractivity contribution is -0.385. The van der Waals surface area contributed by atoms with Crippen molar-refractivity contribution in [3.8, 4) is 5.75 Å². The monoisotopic (exact) mass is 295 g/mol. The highest BCUT2D eigenvalue weighted by atomic mass is 19.1. The van der Waals surface area contributed by atoms with E-state index in [0.29, 0.717) is 0 Å². The van der Waals surface area contributed by atoms with Gasteiger partial charge < -0.3 is 9.84 Å². The van der Waals surface area contributed by atoms with E-state index in [4.69, 9.17) is 4.74 Å². The van der Waals surface area contributed by atoms with E-state index in [0.717, 1.165) is 12.1 Å². The van der Waals surface area contributed by atoms with Crippen molar-refractivity contribution in [3.05, 3.63) is 69.8 Å². The fourth-order valence-electron chi connectivity index (χ4n) is 1.81. The first-order valence-electron chi connectivity index (χ1n) is 5.99. The van der Waals surface area contributed by atoms with Gasteiger partial charge in [0.25, 0.3) is 0 Å². The summed E-state index contributed by atoms with van der Waals surface area (Å²) in [5.74, 6) is -1.90. The number of nitro benzene ring substituents is 1. The second-order valence-corrected chi connectivity index (χ2v) is 4.19. The highest BCUT2D eigenvalue weighted by Gasteiger charge is 2.20. The van der Waals surface area contributed by atoms with Crippen LogP contribution in [0.4, 0.5) is 14.5 Å². The molecule has 0 aliphatic carbocycles. The zero-order chi connectivity index (χ0) is 15.4. The van der Waals surface area contributed by atoms with Gasteiger partial charge in [-0.2, -0.15) is 0 Å². The molecule has 0 aliphatic rings. The molecule has 2 aromatic carbocycles. The summed E-state index contributed by atoms with van der Waals surface area (Å²) in [6.45, 7) is -0.511. The fourth-order valence-corrected chi connectivity index (χ4v) is 1.81. The molecule has 0 aromatic heterocycles. The van der Waals surface area contributed by atoms with Crippen LogP contribution in [0.5, 0.6) is 5.75 Å². The second-order valence-electron chi connectivity index (χ2n) is 4.19. The standard InChI is InChI=1S/C14H11F2NO4/c15-9-4-3-5-10(16)14(9)12(18)8-21-13-7-2-1-6-11(13)17(19)20/h1-7,12,18H,8H2. The molecule has 0 spiro atoms. The maximum Gasteiger partial charge on any atom is 0.310 e. The Morgan fingerprint density at radius 2 is 1.76 bits per heavy atom. The molecule has 0 saturated carbocycles. The van der Waals surface area contributed by atoms with Gasteiger partial charge in [0.15, 0.2) is 5.75 Å². The van der Waals surface area contributed by atoms with Crippen molar-refractivity contribution in [2.24, 2.45) is 0 Å². The van der Waals surface area contributed by atoms with E-state index in [-0.39, 0.29) is 11.4 Å². The van der Waals surface area contributed by atoms with Gasteiger partial charge in [0.05, 0.1) is 10.5 Å². The highest BCUT2D eigenvalue weighted by molar-refractivity contribution is 5.45. The Morgan fingerprint density at radius 1 is 1.14 bits per heavy atom. The normalized spacial score (nSPS) is 12.0. The summed E-state index contributed by atoms with van der Waals surface area (Å²) >= 11 is 0. The number of aliphatic hydroxyl groups is 1. The van der Waals surface area contributed by atoms with Crippen LogP contribution < -0.4 is 4.74 Å². The number of rotatable bonds is 5. The molecule has 0 fully saturated rings. The fraction of sp³-hybridized carbons (Fsp3) is 0.143. The van der Waals surface area contributed by atoms with Gasteiger partial charge in [-0.15, -0.1) is 0 Å². The maximum atomic E-state index is 13.5. The third kappa shape index (κ3) is 3.32. The lowest BCUT2D eigenvalue weighted by Crippen LogP contribution is -2.13. The third-order valence-corrected chi connectivity index (χ3v) is 2.79. The first kappa shape index (κ1) is 14.9. The Kier molecular flexibility index (Phi) is 4.44. The Hall–Kier alpha value is -2.54. The minimum Gasteiger partial charge on any atom is -0.484 e. The molecule has 0 amide bonds. The summed E-state index contributed by atoms with van der Waals surface area (Å²) in [6.07, 6.45) is -1.58. The molecular weight excluding hydrogens is 284 g/mol. The van der Waals surface area contributed by atoms with Gasteiger partial charge in [0, 0.05) is 6.07 Å². The Balaban J connectivity index is 2.15. The van der Waals surface area contributed by atoms with E-state index >= 15 is 0 Å². The van der Waals surface area contributed by atoms with Crippen molar-refractivity contribution in [3.63, 3.8) is 0 Å². The van der Waals surface area contributed by atoms with E-state index in [1.54, 1.807) is 0 Å². The summed E-state index contributed by atoms with van der Waals surface area (Å²) in [7, 11) is 0. The van der Waals surface area contributed by atoms with Crippen molar-refractivity contribution in [1.82, 2.24) is 0 Å². The molecule has 110 valence electrons. The van der Waals surface area contributed by atoms with Crippen LogP contribution in [0, 0.1) is 21.7 Å². The van der Waals surface area contributed by atoms with Crippen LogP contribution in [-0.2, 0) is 0 Å². The summed E-state index contributed by atoms with van der Waals surface area (Å²) in [6, 6.07) is 8.72. The van der Waals surface area contributed by atoms with E-state index in [9.17, 15) is 24.0 Å². The predicted octanol–water partition coefficient (Wildman–Crippen LogP) is 2.99. The summed E-state index contributed by atoms with van der Waals surface area (Å²) in [5.41, 5.74) is -0.824. The number of ether oxygens (including phenoxy) is 1.